The Morgan fingerprint density at radius 1 is 0.531 bits per heavy atom. The van der Waals surface area contributed by atoms with Gasteiger partial charge < -0.3 is 5.11 Å². The van der Waals surface area contributed by atoms with Crippen LogP contribution in [0.3, 0.4) is 0 Å². The lowest BCUT2D eigenvalue weighted by Crippen LogP contribution is -2.44. The van der Waals surface area contributed by atoms with Crippen molar-refractivity contribution in [1.29, 1.82) is 0 Å². The van der Waals surface area contributed by atoms with Crippen LogP contribution in [-0.2, 0) is 25.8 Å². The van der Waals surface area contributed by atoms with E-state index in [0.29, 0.717) is 25.8 Å². The Morgan fingerprint density at radius 2 is 0.906 bits per heavy atom. The van der Waals surface area contributed by atoms with Gasteiger partial charge in [0.1, 0.15) is 5.60 Å². The predicted molar refractivity (Wildman–Crippen MR) is 133 cm³/mol. The van der Waals surface area contributed by atoms with Crippen molar-refractivity contribution < 1.29 is 5.11 Å². The second kappa shape index (κ2) is 10.7. The maximum absolute atomic E-state index is 12.2. The lowest BCUT2D eigenvalue weighted by Gasteiger charge is -2.31. The first-order chi connectivity index (χ1) is 15.7. The molecule has 0 unspecified atom stereocenters. The quantitative estimate of drug-likeness (QED) is 0.327. The second-order valence-corrected chi connectivity index (χ2v) is 8.27. The molecule has 4 aromatic rings. The number of hydrogen-bond acceptors (Lipinski definition) is 2. The van der Waals surface area contributed by atoms with Gasteiger partial charge in [-0.2, -0.15) is 0 Å². The smallest absolute Gasteiger partial charge is 0.111 e. The number of aliphatic hydroxyl groups is 1. The molecule has 4 rings (SSSR count). The largest absolute Gasteiger partial charge is 0.383 e. The maximum atomic E-state index is 12.2. The third-order valence-electron chi connectivity index (χ3n) is 5.73. The van der Waals surface area contributed by atoms with Crippen LogP contribution in [0.4, 0.5) is 0 Å². The zero-order valence-electron chi connectivity index (χ0n) is 18.3. The third-order valence-corrected chi connectivity index (χ3v) is 5.73. The van der Waals surface area contributed by atoms with Crippen molar-refractivity contribution in [3.05, 3.63) is 144 Å². The molecule has 0 spiro atoms. The molecule has 0 radical (unpaired) electrons. The van der Waals surface area contributed by atoms with Crippen molar-refractivity contribution in [3.63, 3.8) is 0 Å². The predicted octanol–water partition coefficient (Wildman–Crippen LogP) is 6.09. The summed E-state index contributed by atoms with van der Waals surface area (Å²) in [6, 6.07) is 41.0. The van der Waals surface area contributed by atoms with E-state index in [9.17, 15) is 5.11 Å². The van der Waals surface area contributed by atoms with Gasteiger partial charge in [0, 0.05) is 25.0 Å². The first-order valence-electron chi connectivity index (χ1n) is 11.1. The van der Waals surface area contributed by atoms with Gasteiger partial charge in [0.2, 0.25) is 0 Å². The highest BCUT2D eigenvalue weighted by molar-refractivity contribution is 5.94. The van der Waals surface area contributed by atoms with E-state index >= 15 is 0 Å². The van der Waals surface area contributed by atoms with Crippen molar-refractivity contribution in [2.75, 3.05) is 0 Å². The number of aliphatic imine (C=N–C) groups is 1. The second-order valence-electron chi connectivity index (χ2n) is 8.27. The molecule has 0 saturated heterocycles. The molecule has 2 nitrogen and oxygen atoms in total. The van der Waals surface area contributed by atoms with E-state index in [1.165, 1.54) is 0 Å². The fourth-order valence-corrected chi connectivity index (χ4v) is 4.06. The number of nitrogens with zero attached hydrogens (tertiary/aromatic N) is 1. The number of benzene rings is 4. The summed E-state index contributed by atoms with van der Waals surface area (Å²) < 4.78 is 0. The lowest BCUT2D eigenvalue weighted by molar-refractivity contribution is 0.110. The molecule has 2 heteroatoms. The standard InChI is InChI=1S/C30H29NO/c32-30(22-26-15-7-2-8-16-26,23-27-17-9-3-10-18-27)29(21-25-13-5-1-6-14-25)31-24-28-19-11-4-12-20-28/h1-20,32H,21-24H2. The van der Waals surface area contributed by atoms with Gasteiger partial charge in [0.15, 0.2) is 0 Å². The summed E-state index contributed by atoms with van der Waals surface area (Å²) >= 11 is 0. The normalized spacial score (nSPS) is 12.0. The van der Waals surface area contributed by atoms with Crippen molar-refractivity contribution in [2.24, 2.45) is 4.99 Å². The molecule has 0 atom stereocenters. The summed E-state index contributed by atoms with van der Waals surface area (Å²) in [4.78, 5) is 5.02. The molecule has 0 bridgehead atoms. The Bertz CT molecular complexity index is 1070. The molecule has 0 aliphatic rings. The van der Waals surface area contributed by atoms with Crippen LogP contribution in [0, 0.1) is 0 Å². The highest BCUT2D eigenvalue weighted by Crippen LogP contribution is 2.24. The summed E-state index contributed by atoms with van der Waals surface area (Å²) in [6.07, 6.45) is 1.65. The molecular formula is C30H29NO. The fraction of sp³-hybridized carbons (Fsp3) is 0.167. The molecule has 0 saturated carbocycles. The summed E-state index contributed by atoms with van der Waals surface area (Å²) in [5.41, 5.74) is 4.23. The Balaban J connectivity index is 1.73. The first kappa shape index (κ1) is 21.7. The average molecular weight is 420 g/mol. The monoisotopic (exact) mass is 419 g/mol. The van der Waals surface area contributed by atoms with Crippen LogP contribution in [-0.4, -0.2) is 16.4 Å². The molecule has 0 amide bonds. The van der Waals surface area contributed by atoms with E-state index in [1.807, 2.05) is 72.8 Å². The third kappa shape index (κ3) is 6.03. The van der Waals surface area contributed by atoms with Crippen molar-refractivity contribution >= 4 is 5.71 Å². The lowest BCUT2D eigenvalue weighted by atomic mass is 9.81. The molecule has 1 N–H and O–H groups in total. The minimum atomic E-state index is -1.09. The summed E-state index contributed by atoms with van der Waals surface area (Å²) in [7, 11) is 0. The van der Waals surface area contributed by atoms with Crippen LogP contribution in [0.15, 0.2) is 126 Å². The van der Waals surface area contributed by atoms with Crippen molar-refractivity contribution in [3.8, 4) is 0 Å². The molecule has 0 fully saturated rings. The first-order valence-corrected chi connectivity index (χ1v) is 11.1. The van der Waals surface area contributed by atoms with Gasteiger partial charge in [-0.05, 0) is 22.3 Å². The van der Waals surface area contributed by atoms with Gasteiger partial charge in [-0.25, -0.2) is 0 Å². The Labute approximate surface area is 190 Å². The molecular weight excluding hydrogens is 390 g/mol. The van der Waals surface area contributed by atoms with Gasteiger partial charge in [0.25, 0.3) is 0 Å². The Kier molecular flexibility index (Phi) is 7.27. The summed E-state index contributed by atoms with van der Waals surface area (Å²) in [6.45, 7) is 0.550. The highest BCUT2D eigenvalue weighted by Gasteiger charge is 2.34. The van der Waals surface area contributed by atoms with E-state index in [2.05, 4.69) is 48.5 Å². The molecule has 32 heavy (non-hydrogen) atoms. The topological polar surface area (TPSA) is 32.6 Å². The SMILES string of the molecule is OC(Cc1ccccc1)(Cc1ccccc1)C(Cc1ccccc1)=NCc1ccccc1. The van der Waals surface area contributed by atoms with E-state index in [0.717, 1.165) is 28.0 Å². The van der Waals surface area contributed by atoms with Gasteiger partial charge >= 0.3 is 0 Å². The summed E-state index contributed by atoms with van der Waals surface area (Å²) in [5, 5.41) is 12.2. The Hall–Kier alpha value is -3.49. The van der Waals surface area contributed by atoms with Gasteiger partial charge in [0.05, 0.1) is 6.54 Å². The van der Waals surface area contributed by atoms with E-state index in [1.54, 1.807) is 0 Å². The molecule has 0 aliphatic heterocycles. The number of hydrogen-bond donors (Lipinski definition) is 1. The molecule has 0 heterocycles. The van der Waals surface area contributed by atoms with Crippen molar-refractivity contribution in [2.45, 2.75) is 31.4 Å². The number of rotatable bonds is 9. The Morgan fingerprint density at radius 3 is 1.34 bits per heavy atom. The minimum Gasteiger partial charge on any atom is -0.383 e. The zero-order chi connectivity index (χ0) is 22.1. The van der Waals surface area contributed by atoms with Crippen LogP contribution < -0.4 is 0 Å². The van der Waals surface area contributed by atoms with E-state index in [-0.39, 0.29) is 0 Å². The van der Waals surface area contributed by atoms with E-state index < -0.39 is 5.60 Å². The highest BCUT2D eigenvalue weighted by atomic mass is 16.3. The van der Waals surface area contributed by atoms with Crippen LogP contribution in [0.2, 0.25) is 0 Å². The fourth-order valence-electron chi connectivity index (χ4n) is 4.06. The van der Waals surface area contributed by atoms with Crippen LogP contribution >= 0.6 is 0 Å². The molecule has 4 aromatic carbocycles. The zero-order valence-corrected chi connectivity index (χ0v) is 18.3. The average Bonchev–Trinajstić information content (AvgIpc) is 2.84. The van der Waals surface area contributed by atoms with Crippen LogP contribution in [0.1, 0.15) is 22.3 Å². The molecule has 0 aromatic heterocycles. The molecule has 0 aliphatic carbocycles. The van der Waals surface area contributed by atoms with E-state index in [4.69, 9.17) is 4.99 Å². The maximum Gasteiger partial charge on any atom is 0.111 e. The van der Waals surface area contributed by atoms with Gasteiger partial charge in [-0.15, -0.1) is 0 Å². The van der Waals surface area contributed by atoms with Crippen LogP contribution in [0.5, 0.6) is 0 Å². The van der Waals surface area contributed by atoms with Crippen LogP contribution in [0.25, 0.3) is 0 Å². The van der Waals surface area contributed by atoms with Gasteiger partial charge in [-0.1, -0.05) is 121 Å². The van der Waals surface area contributed by atoms with Crippen molar-refractivity contribution in [1.82, 2.24) is 0 Å². The molecule has 160 valence electrons. The minimum absolute atomic E-state index is 0.517. The van der Waals surface area contributed by atoms with Gasteiger partial charge in [-0.3, -0.25) is 4.99 Å². The summed E-state index contributed by atoms with van der Waals surface area (Å²) in [5.74, 6) is 0.